The predicted octanol–water partition coefficient (Wildman–Crippen LogP) is 2.75. The topological polar surface area (TPSA) is 88.6 Å². The number of hydrogen-bond donors (Lipinski definition) is 1. The van der Waals surface area contributed by atoms with Crippen LogP contribution in [0, 0.1) is 6.92 Å². The number of carbonyl (C=O) groups excluding carboxylic acids is 1. The number of fused-ring (bicyclic) bond motifs is 1. The predicted molar refractivity (Wildman–Crippen MR) is 120 cm³/mol. The van der Waals surface area contributed by atoms with Crippen LogP contribution in [0.1, 0.15) is 47.7 Å². The summed E-state index contributed by atoms with van der Waals surface area (Å²) in [6.07, 6.45) is 4.19. The van der Waals surface area contributed by atoms with Crippen molar-refractivity contribution in [3.8, 4) is 5.75 Å². The van der Waals surface area contributed by atoms with Gasteiger partial charge < -0.3 is 9.64 Å². The zero-order chi connectivity index (χ0) is 22.4. The van der Waals surface area contributed by atoms with E-state index in [0.29, 0.717) is 38.8 Å². The van der Waals surface area contributed by atoms with Crippen molar-refractivity contribution in [2.24, 2.45) is 0 Å². The lowest BCUT2D eigenvalue weighted by Crippen LogP contribution is -2.37. The highest BCUT2D eigenvalue weighted by Gasteiger charge is 2.24. The Kier molecular flexibility index (Phi) is 7.67. The number of aromatic nitrogens is 1. The molecule has 7 nitrogen and oxygen atoms in total. The number of aryl methyl sites for hydroxylation is 2. The van der Waals surface area contributed by atoms with Crippen molar-refractivity contribution in [2.75, 3.05) is 19.4 Å². The number of rotatable bonds is 9. The van der Waals surface area contributed by atoms with Crippen LogP contribution < -0.4 is 9.46 Å². The largest absolute Gasteiger partial charge is 0.497 e. The van der Waals surface area contributed by atoms with E-state index in [1.165, 1.54) is 0 Å². The van der Waals surface area contributed by atoms with E-state index in [9.17, 15) is 13.2 Å². The van der Waals surface area contributed by atoms with Crippen LogP contribution in [0.5, 0.6) is 5.75 Å². The number of ether oxygens (including phenoxy) is 1. The number of carbonyl (C=O) groups is 1. The first-order chi connectivity index (χ1) is 14.8. The monoisotopic (exact) mass is 445 g/mol. The summed E-state index contributed by atoms with van der Waals surface area (Å²) in [5.41, 5.74) is 4.94. The van der Waals surface area contributed by atoms with Crippen molar-refractivity contribution in [1.29, 1.82) is 0 Å². The molecule has 8 heteroatoms. The number of nitrogens with one attached hydrogen (secondary N) is 1. The van der Waals surface area contributed by atoms with Gasteiger partial charge in [0.25, 0.3) is 0 Å². The van der Waals surface area contributed by atoms with Gasteiger partial charge in [0.1, 0.15) is 5.75 Å². The van der Waals surface area contributed by atoms with Crippen molar-refractivity contribution in [2.45, 2.75) is 52.6 Å². The van der Waals surface area contributed by atoms with Gasteiger partial charge in [0.05, 0.1) is 12.9 Å². The molecule has 0 unspecified atom stereocenters. The molecule has 3 rings (SSSR count). The van der Waals surface area contributed by atoms with E-state index in [-0.39, 0.29) is 18.2 Å². The molecule has 0 atom stereocenters. The van der Waals surface area contributed by atoms with E-state index in [0.717, 1.165) is 33.7 Å². The minimum Gasteiger partial charge on any atom is -0.497 e. The van der Waals surface area contributed by atoms with Crippen molar-refractivity contribution in [3.63, 3.8) is 0 Å². The second kappa shape index (κ2) is 10.2. The van der Waals surface area contributed by atoms with Gasteiger partial charge in [-0.2, -0.15) is 0 Å². The quantitative estimate of drug-likeness (QED) is 0.641. The first-order valence-electron chi connectivity index (χ1n) is 10.7. The lowest BCUT2D eigenvalue weighted by Gasteiger charge is -2.30. The highest BCUT2D eigenvalue weighted by atomic mass is 32.2. The molecule has 31 heavy (non-hydrogen) atoms. The van der Waals surface area contributed by atoms with Gasteiger partial charge >= 0.3 is 0 Å². The molecule has 2 aromatic rings. The van der Waals surface area contributed by atoms with E-state index < -0.39 is 10.0 Å². The summed E-state index contributed by atoms with van der Waals surface area (Å²) in [4.78, 5) is 19.1. The van der Waals surface area contributed by atoms with Gasteiger partial charge in [-0.3, -0.25) is 9.78 Å². The number of hydrogen-bond acceptors (Lipinski definition) is 5. The SMILES string of the molecule is CCCS(=O)(=O)NCc1c(C)ncc2c1CCN(C(=O)CCc1cccc(OC)c1)C2. The average Bonchev–Trinajstić information content (AvgIpc) is 2.76. The molecule has 0 aliphatic carbocycles. The van der Waals surface area contributed by atoms with Gasteiger partial charge in [-0.15, -0.1) is 0 Å². The fourth-order valence-electron chi connectivity index (χ4n) is 3.93. The van der Waals surface area contributed by atoms with E-state index in [2.05, 4.69) is 9.71 Å². The normalized spacial score (nSPS) is 13.7. The Morgan fingerprint density at radius 2 is 2.13 bits per heavy atom. The molecule has 1 aromatic heterocycles. The third-order valence-corrected chi connectivity index (χ3v) is 7.18. The number of sulfonamides is 1. The maximum absolute atomic E-state index is 12.8. The summed E-state index contributed by atoms with van der Waals surface area (Å²) in [5, 5.41) is 0. The van der Waals surface area contributed by atoms with Gasteiger partial charge in [0.2, 0.25) is 15.9 Å². The molecule has 0 spiro atoms. The van der Waals surface area contributed by atoms with Gasteiger partial charge in [-0.05, 0) is 60.6 Å². The molecule has 168 valence electrons. The lowest BCUT2D eigenvalue weighted by molar-refractivity contribution is -0.132. The number of nitrogens with zero attached hydrogens (tertiary/aromatic N) is 2. The van der Waals surface area contributed by atoms with Crippen LogP contribution >= 0.6 is 0 Å². The van der Waals surface area contributed by atoms with E-state index >= 15 is 0 Å². The minimum absolute atomic E-state index is 0.110. The van der Waals surface area contributed by atoms with Crippen molar-refractivity contribution in [3.05, 3.63) is 58.4 Å². The van der Waals surface area contributed by atoms with Crippen molar-refractivity contribution < 1.29 is 17.9 Å². The van der Waals surface area contributed by atoms with Crippen molar-refractivity contribution in [1.82, 2.24) is 14.6 Å². The van der Waals surface area contributed by atoms with Crippen LogP contribution in [0.2, 0.25) is 0 Å². The van der Waals surface area contributed by atoms with E-state index in [1.54, 1.807) is 7.11 Å². The summed E-state index contributed by atoms with van der Waals surface area (Å²) >= 11 is 0. The molecule has 1 aromatic carbocycles. The molecule has 2 heterocycles. The van der Waals surface area contributed by atoms with Crippen LogP contribution in [-0.2, 0) is 40.7 Å². The molecular formula is C23H31N3O4S. The zero-order valence-corrected chi connectivity index (χ0v) is 19.3. The summed E-state index contributed by atoms with van der Waals surface area (Å²) in [7, 11) is -1.65. The van der Waals surface area contributed by atoms with Gasteiger partial charge in [-0.1, -0.05) is 19.1 Å². The molecule has 1 aliphatic rings. The number of methoxy groups -OCH3 is 1. The lowest BCUT2D eigenvalue weighted by atomic mass is 9.94. The maximum atomic E-state index is 12.8. The fourth-order valence-corrected chi connectivity index (χ4v) is 4.98. The highest BCUT2D eigenvalue weighted by molar-refractivity contribution is 7.89. The Balaban J connectivity index is 1.65. The molecule has 0 bridgehead atoms. The first-order valence-corrected chi connectivity index (χ1v) is 12.3. The maximum Gasteiger partial charge on any atom is 0.223 e. The Morgan fingerprint density at radius 1 is 1.32 bits per heavy atom. The van der Waals surface area contributed by atoms with Crippen LogP contribution in [0.25, 0.3) is 0 Å². The number of benzene rings is 1. The molecule has 0 saturated carbocycles. The van der Waals surface area contributed by atoms with Crippen LogP contribution in [0.15, 0.2) is 30.5 Å². The number of amides is 1. The molecule has 0 radical (unpaired) electrons. The zero-order valence-electron chi connectivity index (χ0n) is 18.5. The van der Waals surface area contributed by atoms with Crippen LogP contribution in [-0.4, -0.2) is 43.6 Å². The first kappa shape index (κ1) is 23.2. The molecular weight excluding hydrogens is 414 g/mol. The molecule has 0 saturated heterocycles. The van der Waals surface area contributed by atoms with Crippen molar-refractivity contribution >= 4 is 15.9 Å². The Hall–Kier alpha value is -2.45. The minimum atomic E-state index is -3.29. The summed E-state index contributed by atoms with van der Waals surface area (Å²) in [5.74, 6) is 1.02. The highest BCUT2D eigenvalue weighted by Crippen LogP contribution is 2.25. The Bertz CT molecular complexity index is 1040. The molecule has 1 N–H and O–H groups in total. The molecule has 1 aliphatic heterocycles. The summed E-state index contributed by atoms with van der Waals surface area (Å²) in [6, 6.07) is 7.78. The fraction of sp³-hybridized carbons (Fsp3) is 0.478. The second-order valence-corrected chi connectivity index (χ2v) is 9.81. The third kappa shape index (κ3) is 6.04. The third-order valence-electron chi connectivity index (χ3n) is 5.65. The van der Waals surface area contributed by atoms with Gasteiger partial charge in [-0.25, -0.2) is 13.1 Å². The Morgan fingerprint density at radius 3 is 2.87 bits per heavy atom. The summed E-state index contributed by atoms with van der Waals surface area (Å²) in [6.45, 7) is 5.12. The summed E-state index contributed by atoms with van der Waals surface area (Å²) < 4.78 is 32.1. The smallest absolute Gasteiger partial charge is 0.223 e. The van der Waals surface area contributed by atoms with Crippen LogP contribution in [0.3, 0.4) is 0 Å². The van der Waals surface area contributed by atoms with Gasteiger partial charge in [0, 0.05) is 37.9 Å². The average molecular weight is 446 g/mol. The van der Waals surface area contributed by atoms with E-state index in [4.69, 9.17) is 4.74 Å². The number of pyridine rings is 1. The molecule has 0 fully saturated rings. The van der Waals surface area contributed by atoms with Gasteiger partial charge in [0.15, 0.2) is 0 Å². The van der Waals surface area contributed by atoms with Crippen LogP contribution in [0.4, 0.5) is 0 Å². The Labute approximate surface area is 184 Å². The standard InChI is InChI=1S/C23H31N3O4S/c1-4-12-31(28,29)25-15-22-17(2)24-14-19-16-26(11-10-21(19)22)23(27)9-8-18-6-5-7-20(13-18)30-3/h5-7,13-14,25H,4,8-12,15-16H2,1-3H3. The van der Waals surface area contributed by atoms with E-state index in [1.807, 2.05) is 49.2 Å². The second-order valence-electron chi connectivity index (χ2n) is 7.88. The molecule has 1 amide bonds.